The maximum absolute atomic E-state index is 12.3. The van der Waals surface area contributed by atoms with Gasteiger partial charge < -0.3 is 0 Å². The fraction of sp³-hybridized carbons (Fsp3) is 0.800. The second-order valence-electron chi connectivity index (χ2n) is 2.55. The van der Waals surface area contributed by atoms with E-state index in [2.05, 4.69) is 0 Å². The molecule has 0 aromatic heterocycles. The van der Waals surface area contributed by atoms with Crippen LogP contribution >= 0.6 is 0 Å². The SMILES string of the molecule is CN1C(=O)C(F)(F)C(F)(F)C1(F)F. The molecule has 2 nitrogen and oxygen atoms in total. The van der Waals surface area contributed by atoms with Gasteiger partial charge in [0.15, 0.2) is 0 Å². The van der Waals surface area contributed by atoms with Crippen molar-refractivity contribution in [2.24, 2.45) is 0 Å². The number of alkyl halides is 6. The van der Waals surface area contributed by atoms with Crippen LogP contribution in [-0.4, -0.2) is 35.7 Å². The lowest BCUT2D eigenvalue weighted by Gasteiger charge is -2.22. The summed E-state index contributed by atoms with van der Waals surface area (Å²) >= 11 is 0. The average Bonchev–Trinajstić information content (AvgIpc) is 2.05. The first-order valence-electron chi connectivity index (χ1n) is 2.98. The molecule has 0 N–H and O–H groups in total. The lowest BCUT2D eigenvalue weighted by atomic mass is 10.2. The molecule has 0 aliphatic carbocycles. The molecular formula is C5H3F6NO. The summed E-state index contributed by atoms with van der Waals surface area (Å²) in [5, 5.41) is 0. The van der Waals surface area contributed by atoms with Crippen molar-refractivity contribution in [2.75, 3.05) is 7.05 Å². The van der Waals surface area contributed by atoms with Crippen LogP contribution in [0.15, 0.2) is 0 Å². The standard InChI is InChI=1S/C5H3F6NO/c1-12-2(13)3(6,7)4(8,9)5(12,10)11/h1H3. The molecule has 0 spiro atoms. The lowest BCUT2D eigenvalue weighted by Crippen LogP contribution is -2.49. The van der Waals surface area contributed by atoms with Crippen LogP contribution in [0.1, 0.15) is 0 Å². The molecular weight excluding hydrogens is 204 g/mol. The smallest absolute Gasteiger partial charge is 0.276 e. The summed E-state index contributed by atoms with van der Waals surface area (Å²) < 4.78 is 73.6. The van der Waals surface area contributed by atoms with E-state index in [0.717, 1.165) is 0 Å². The van der Waals surface area contributed by atoms with E-state index < -0.39 is 28.7 Å². The molecule has 1 rings (SSSR count). The van der Waals surface area contributed by atoms with Crippen molar-refractivity contribution < 1.29 is 31.1 Å². The Bertz CT molecular complexity index is 262. The van der Waals surface area contributed by atoms with Crippen molar-refractivity contribution >= 4 is 5.91 Å². The number of nitrogens with zero attached hydrogens (tertiary/aromatic N) is 1. The number of amides is 1. The van der Waals surface area contributed by atoms with Crippen LogP contribution in [0.3, 0.4) is 0 Å². The van der Waals surface area contributed by atoms with E-state index >= 15 is 0 Å². The Balaban J connectivity index is 3.31. The van der Waals surface area contributed by atoms with E-state index in [4.69, 9.17) is 0 Å². The Hall–Kier alpha value is -0.950. The van der Waals surface area contributed by atoms with E-state index in [1.807, 2.05) is 0 Å². The minimum absolute atomic E-state index is 0.192. The lowest BCUT2D eigenvalue weighted by molar-refractivity contribution is -0.290. The van der Waals surface area contributed by atoms with Gasteiger partial charge in [-0.3, -0.25) is 9.69 Å². The predicted octanol–water partition coefficient (Wildman–Crippen LogP) is 1.32. The molecule has 13 heavy (non-hydrogen) atoms. The highest BCUT2D eigenvalue weighted by Gasteiger charge is 2.84. The number of likely N-dealkylation sites (tertiary alicyclic amines) is 1. The molecule has 0 atom stereocenters. The zero-order chi connectivity index (χ0) is 10.7. The summed E-state index contributed by atoms with van der Waals surface area (Å²) in [5.74, 6) is -13.6. The van der Waals surface area contributed by atoms with Gasteiger partial charge in [0, 0.05) is 7.05 Å². The van der Waals surface area contributed by atoms with Crippen LogP contribution in [0, 0.1) is 0 Å². The third-order valence-corrected chi connectivity index (χ3v) is 1.77. The number of hydrogen-bond acceptors (Lipinski definition) is 1. The van der Waals surface area contributed by atoms with E-state index in [1.54, 1.807) is 0 Å². The normalized spacial score (nSPS) is 29.5. The third kappa shape index (κ3) is 0.829. The Kier molecular flexibility index (Phi) is 1.64. The molecule has 76 valence electrons. The largest absolute Gasteiger partial charge is 0.401 e. The molecule has 0 saturated carbocycles. The Morgan fingerprint density at radius 2 is 1.46 bits per heavy atom. The summed E-state index contributed by atoms with van der Waals surface area (Å²) in [7, 11) is 0.192. The highest BCUT2D eigenvalue weighted by molar-refractivity contribution is 5.88. The molecule has 0 aromatic carbocycles. The molecule has 0 radical (unpaired) electrons. The van der Waals surface area contributed by atoms with Gasteiger partial charge in [0.25, 0.3) is 0 Å². The molecule has 1 saturated heterocycles. The molecule has 0 aromatic rings. The number of hydrogen-bond donors (Lipinski definition) is 0. The van der Waals surface area contributed by atoms with E-state index in [1.165, 1.54) is 0 Å². The average molecular weight is 207 g/mol. The minimum atomic E-state index is -5.66. The van der Waals surface area contributed by atoms with Gasteiger partial charge in [-0.1, -0.05) is 0 Å². The molecule has 0 bridgehead atoms. The second-order valence-corrected chi connectivity index (χ2v) is 2.55. The minimum Gasteiger partial charge on any atom is -0.276 e. The summed E-state index contributed by atoms with van der Waals surface area (Å²) in [6.45, 7) is 0. The number of carbonyl (C=O) groups excluding carboxylic acids is 1. The van der Waals surface area contributed by atoms with Crippen molar-refractivity contribution in [3.63, 3.8) is 0 Å². The zero-order valence-electron chi connectivity index (χ0n) is 6.12. The van der Waals surface area contributed by atoms with Gasteiger partial charge in [0.05, 0.1) is 0 Å². The Labute approximate surface area is 68.1 Å². The van der Waals surface area contributed by atoms with Crippen molar-refractivity contribution in [2.45, 2.75) is 17.9 Å². The van der Waals surface area contributed by atoms with Crippen molar-refractivity contribution in [1.82, 2.24) is 4.90 Å². The first-order valence-corrected chi connectivity index (χ1v) is 2.98. The number of rotatable bonds is 0. The van der Waals surface area contributed by atoms with Crippen LogP contribution in [0.25, 0.3) is 0 Å². The Morgan fingerprint density at radius 3 is 1.54 bits per heavy atom. The van der Waals surface area contributed by atoms with Crippen LogP contribution in [0.2, 0.25) is 0 Å². The topological polar surface area (TPSA) is 20.3 Å². The molecule has 1 fully saturated rings. The molecule has 1 aliphatic rings. The van der Waals surface area contributed by atoms with Gasteiger partial charge in [-0.15, -0.1) is 0 Å². The van der Waals surface area contributed by atoms with Gasteiger partial charge >= 0.3 is 23.8 Å². The zero-order valence-corrected chi connectivity index (χ0v) is 6.12. The van der Waals surface area contributed by atoms with Gasteiger partial charge in [0.1, 0.15) is 0 Å². The van der Waals surface area contributed by atoms with Crippen LogP contribution < -0.4 is 0 Å². The van der Waals surface area contributed by atoms with E-state index in [-0.39, 0.29) is 7.05 Å². The summed E-state index contributed by atoms with van der Waals surface area (Å²) in [5.41, 5.74) is 0. The first-order chi connectivity index (χ1) is 5.57. The van der Waals surface area contributed by atoms with Gasteiger partial charge in [-0.25, -0.2) is 0 Å². The van der Waals surface area contributed by atoms with Crippen molar-refractivity contribution in [1.29, 1.82) is 0 Å². The predicted molar refractivity (Wildman–Crippen MR) is 27.6 cm³/mol. The number of carbonyl (C=O) groups is 1. The monoisotopic (exact) mass is 207 g/mol. The molecule has 1 amide bonds. The van der Waals surface area contributed by atoms with E-state index in [0.29, 0.717) is 0 Å². The molecule has 1 heterocycles. The van der Waals surface area contributed by atoms with E-state index in [9.17, 15) is 31.1 Å². The fourth-order valence-electron chi connectivity index (χ4n) is 0.872. The highest BCUT2D eigenvalue weighted by Crippen LogP contribution is 2.53. The van der Waals surface area contributed by atoms with Crippen LogP contribution in [-0.2, 0) is 4.79 Å². The van der Waals surface area contributed by atoms with Crippen LogP contribution in [0.5, 0.6) is 0 Å². The third-order valence-electron chi connectivity index (χ3n) is 1.77. The maximum Gasteiger partial charge on any atom is 0.401 e. The first kappa shape index (κ1) is 10.1. The quantitative estimate of drug-likeness (QED) is 0.433. The summed E-state index contributed by atoms with van der Waals surface area (Å²) in [6.07, 6.45) is 0. The van der Waals surface area contributed by atoms with Crippen molar-refractivity contribution in [3.05, 3.63) is 0 Å². The van der Waals surface area contributed by atoms with Crippen molar-refractivity contribution in [3.8, 4) is 0 Å². The fourth-order valence-corrected chi connectivity index (χ4v) is 0.872. The van der Waals surface area contributed by atoms with Gasteiger partial charge in [-0.05, 0) is 0 Å². The molecule has 0 unspecified atom stereocenters. The molecule has 8 heteroatoms. The highest BCUT2D eigenvalue weighted by atomic mass is 19.3. The second kappa shape index (κ2) is 2.10. The van der Waals surface area contributed by atoms with Gasteiger partial charge in [0.2, 0.25) is 0 Å². The van der Waals surface area contributed by atoms with Gasteiger partial charge in [-0.2, -0.15) is 26.3 Å². The maximum atomic E-state index is 12.3. The molecule has 1 aliphatic heterocycles. The number of halogens is 6. The van der Waals surface area contributed by atoms with Crippen LogP contribution in [0.4, 0.5) is 26.3 Å². The summed E-state index contributed by atoms with van der Waals surface area (Å²) in [6, 6.07) is -5.15. The Morgan fingerprint density at radius 1 is 1.08 bits per heavy atom. The summed E-state index contributed by atoms with van der Waals surface area (Å²) in [4.78, 5) is 9.32.